The van der Waals surface area contributed by atoms with Crippen LogP contribution in [0.25, 0.3) is 0 Å². The summed E-state index contributed by atoms with van der Waals surface area (Å²) in [6.45, 7) is 5.31. The van der Waals surface area contributed by atoms with Crippen LogP contribution in [-0.2, 0) is 0 Å². The van der Waals surface area contributed by atoms with Gasteiger partial charge in [0.2, 0.25) is 0 Å². The molecule has 0 fully saturated rings. The minimum Gasteiger partial charge on any atom is -0.303 e. The van der Waals surface area contributed by atoms with Crippen LogP contribution in [0.4, 0.5) is 8.78 Å². The molecule has 0 spiro atoms. The van der Waals surface area contributed by atoms with Crippen molar-refractivity contribution < 1.29 is 8.78 Å². The Morgan fingerprint density at radius 3 is 2.53 bits per heavy atom. The molecular weight excluding hydrogens is 248 g/mol. The molecule has 0 bridgehead atoms. The minimum absolute atomic E-state index is 0.00230. The lowest BCUT2D eigenvalue weighted by molar-refractivity contribution is 0.469. The number of nitrogens with one attached hydrogen (secondary N) is 2. The van der Waals surface area contributed by atoms with Crippen molar-refractivity contribution in [3.63, 3.8) is 0 Å². The summed E-state index contributed by atoms with van der Waals surface area (Å²) >= 11 is 0. The highest BCUT2D eigenvalue weighted by molar-refractivity contribution is 5.27. The fourth-order valence-corrected chi connectivity index (χ4v) is 2.05. The number of hydrogen-bond donors (Lipinski definition) is 2. The lowest BCUT2D eigenvalue weighted by atomic mass is 10.0. The molecule has 0 aliphatic rings. The van der Waals surface area contributed by atoms with E-state index in [0.717, 1.165) is 5.56 Å². The quantitative estimate of drug-likeness (QED) is 0.889. The molecule has 0 saturated carbocycles. The number of benzene rings is 1. The van der Waals surface area contributed by atoms with Crippen LogP contribution in [-0.4, -0.2) is 10.2 Å². The van der Waals surface area contributed by atoms with Crippen LogP contribution < -0.4 is 5.32 Å². The Morgan fingerprint density at radius 1 is 1.16 bits per heavy atom. The van der Waals surface area contributed by atoms with Gasteiger partial charge < -0.3 is 5.32 Å². The fraction of sp³-hybridized carbons (Fsp3) is 0.357. The van der Waals surface area contributed by atoms with Gasteiger partial charge in [0.25, 0.3) is 0 Å². The first-order valence-electron chi connectivity index (χ1n) is 6.19. The van der Waals surface area contributed by atoms with Crippen LogP contribution in [0.2, 0.25) is 0 Å². The van der Waals surface area contributed by atoms with Crippen LogP contribution in [0.1, 0.15) is 42.6 Å². The van der Waals surface area contributed by atoms with Gasteiger partial charge in [-0.2, -0.15) is 5.10 Å². The van der Waals surface area contributed by atoms with Crippen molar-refractivity contribution in [3.8, 4) is 0 Å². The Morgan fingerprint density at radius 2 is 1.89 bits per heavy atom. The molecule has 2 unspecified atom stereocenters. The van der Waals surface area contributed by atoms with Gasteiger partial charge >= 0.3 is 0 Å². The van der Waals surface area contributed by atoms with E-state index in [0.29, 0.717) is 11.1 Å². The Hall–Kier alpha value is -1.75. The second kappa shape index (κ2) is 5.48. The van der Waals surface area contributed by atoms with Crippen molar-refractivity contribution in [2.75, 3.05) is 0 Å². The van der Waals surface area contributed by atoms with Gasteiger partial charge in [-0.05, 0) is 38.5 Å². The summed E-state index contributed by atoms with van der Waals surface area (Å²) in [6, 6.07) is 2.19. The third kappa shape index (κ3) is 2.98. The maximum atomic E-state index is 13.8. The number of hydrogen-bond acceptors (Lipinski definition) is 2. The standard InChI is InChI=1S/C14H17F2N3/c1-8-4-14(16)12(5-13(8)15)10(3)19-9(2)11-6-17-18-7-11/h4-7,9-10,19H,1-3H3,(H,17,18). The Labute approximate surface area is 111 Å². The molecule has 1 heterocycles. The van der Waals surface area contributed by atoms with Crippen LogP contribution in [0.15, 0.2) is 24.5 Å². The molecule has 0 saturated heterocycles. The molecule has 0 amide bonds. The zero-order valence-corrected chi connectivity index (χ0v) is 11.2. The van der Waals surface area contributed by atoms with E-state index in [1.807, 2.05) is 13.8 Å². The molecule has 5 heteroatoms. The highest BCUT2D eigenvalue weighted by atomic mass is 19.1. The SMILES string of the molecule is Cc1cc(F)c(C(C)NC(C)c2cn[nH]c2)cc1F. The van der Waals surface area contributed by atoms with Gasteiger partial charge in [0.15, 0.2) is 0 Å². The molecule has 0 aliphatic carbocycles. The average Bonchev–Trinajstić information content (AvgIpc) is 2.87. The van der Waals surface area contributed by atoms with Gasteiger partial charge in [-0.25, -0.2) is 8.78 Å². The van der Waals surface area contributed by atoms with Gasteiger partial charge in [-0.1, -0.05) is 0 Å². The summed E-state index contributed by atoms with van der Waals surface area (Å²) in [4.78, 5) is 0. The Bertz CT molecular complexity index is 552. The van der Waals surface area contributed by atoms with Crippen molar-refractivity contribution in [3.05, 3.63) is 52.9 Å². The van der Waals surface area contributed by atoms with Crippen LogP contribution in [0, 0.1) is 18.6 Å². The molecular formula is C14H17F2N3. The first-order chi connectivity index (χ1) is 8.99. The third-order valence-electron chi connectivity index (χ3n) is 3.26. The number of nitrogens with zero attached hydrogens (tertiary/aromatic N) is 1. The van der Waals surface area contributed by atoms with Crippen LogP contribution in [0.5, 0.6) is 0 Å². The van der Waals surface area contributed by atoms with E-state index in [1.165, 1.54) is 12.1 Å². The van der Waals surface area contributed by atoms with E-state index in [9.17, 15) is 8.78 Å². The number of aryl methyl sites for hydroxylation is 1. The zero-order valence-electron chi connectivity index (χ0n) is 11.2. The van der Waals surface area contributed by atoms with E-state index in [4.69, 9.17) is 0 Å². The fourth-order valence-electron chi connectivity index (χ4n) is 2.05. The van der Waals surface area contributed by atoms with Gasteiger partial charge in [0.1, 0.15) is 11.6 Å². The largest absolute Gasteiger partial charge is 0.303 e. The number of rotatable bonds is 4. The lowest BCUT2D eigenvalue weighted by Crippen LogP contribution is -2.23. The second-order valence-electron chi connectivity index (χ2n) is 4.76. The van der Waals surface area contributed by atoms with Crippen LogP contribution in [0.3, 0.4) is 0 Å². The number of halogens is 2. The minimum atomic E-state index is -0.390. The van der Waals surface area contributed by atoms with Crippen molar-refractivity contribution in [2.24, 2.45) is 0 Å². The summed E-state index contributed by atoms with van der Waals surface area (Å²) in [5.41, 5.74) is 1.62. The summed E-state index contributed by atoms with van der Waals surface area (Å²) < 4.78 is 27.4. The van der Waals surface area contributed by atoms with E-state index < -0.39 is 5.82 Å². The molecule has 2 N–H and O–H groups in total. The molecule has 102 valence electrons. The number of aromatic amines is 1. The predicted molar refractivity (Wildman–Crippen MR) is 69.6 cm³/mol. The molecule has 2 rings (SSSR count). The summed E-state index contributed by atoms with van der Waals surface area (Å²) in [5.74, 6) is -0.778. The number of aromatic nitrogens is 2. The smallest absolute Gasteiger partial charge is 0.128 e. The first-order valence-corrected chi connectivity index (χ1v) is 6.19. The van der Waals surface area contributed by atoms with E-state index in [1.54, 1.807) is 19.3 Å². The van der Waals surface area contributed by atoms with Gasteiger partial charge in [-0.3, -0.25) is 5.10 Å². The topological polar surface area (TPSA) is 40.7 Å². The monoisotopic (exact) mass is 265 g/mol. The van der Waals surface area contributed by atoms with E-state index in [-0.39, 0.29) is 17.9 Å². The second-order valence-corrected chi connectivity index (χ2v) is 4.76. The Balaban J connectivity index is 2.16. The van der Waals surface area contributed by atoms with Crippen LogP contribution >= 0.6 is 0 Å². The highest BCUT2D eigenvalue weighted by Gasteiger charge is 2.16. The Kier molecular flexibility index (Phi) is 3.95. The molecule has 1 aromatic heterocycles. The van der Waals surface area contributed by atoms with Gasteiger partial charge in [0, 0.05) is 29.4 Å². The zero-order chi connectivity index (χ0) is 14.0. The lowest BCUT2D eigenvalue weighted by Gasteiger charge is -2.20. The van der Waals surface area contributed by atoms with Crippen molar-refractivity contribution >= 4 is 0 Å². The van der Waals surface area contributed by atoms with Gasteiger partial charge in [0.05, 0.1) is 6.20 Å². The average molecular weight is 265 g/mol. The van der Waals surface area contributed by atoms with Gasteiger partial charge in [-0.15, -0.1) is 0 Å². The van der Waals surface area contributed by atoms with Crippen molar-refractivity contribution in [1.82, 2.24) is 15.5 Å². The summed E-state index contributed by atoms with van der Waals surface area (Å²) in [5, 5.41) is 9.81. The number of H-pyrrole nitrogens is 1. The predicted octanol–water partition coefficient (Wildman–Crippen LogP) is 3.41. The molecule has 0 aliphatic heterocycles. The van der Waals surface area contributed by atoms with E-state index >= 15 is 0 Å². The maximum Gasteiger partial charge on any atom is 0.128 e. The maximum absolute atomic E-state index is 13.8. The first kappa shape index (κ1) is 13.7. The molecule has 0 radical (unpaired) electrons. The molecule has 1 aromatic carbocycles. The van der Waals surface area contributed by atoms with Crippen molar-refractivity contribution in [2.45, 2.75) is 32.9 Å². The molecule has 2 aromatic rings. The molecule has 3 nitrogen and oxygen atoms in total. The molecule has 2 atom stereocenters. The molecule has 19 heavy (non-hydrogen) atoms. The third-order valence-corrected chi connectivity index (χ3v) is 3.26. The summed E-state index contributed by atoms with van der Waals surface area (Å²) in [6.07, 6.45) is 3.48. The summed E-state index contributed by atoms with van der Waals surface area (Å²) in [7, 11) is 0. The van der Waals surface area contributed by atoms with Crippen molar-refractivity contribution in [1.29, 1.82) is 0 Å². The highest BCUT2D eigenvalue weighted by Crippen LogP contribution is 2.23. The van der Waals surface area contributed by atoms with E-state index in [2.05, 4.69) is 15.5 Å². The normalized spacial score (nSPS) is 14.4.